The van der Waals surface area contributed by atoms with E-state index in [1.165, 1.54) is 12.1 Å². The van der Waals surface area contributed by atoms with Gasteiger partial charge >= 0.3 is 0 Å². The molecule has 0 radical (unpaired) electrons. The van der Waals surface area contributed by atoms with E-state index in [1.807, 2.05) is 24.3 Å². The van der Waals surface area contributed by atoms with E-state index >= 15 is 0 Å². The van der Waals surface area contributed by atoms with Crippen LogP contribution in [-0.4, -0.2) is 36.1 Å². The normalized spacial score (nSPS) is 25.1. The Morgan fingerprint density at radius 1 is 1.11 bits per heavy atom. The Kier molecular flexibility index (Phi) is 4.93. The predicted molar refractivity (Wildman–Crippen MR) is 97.0 cm³/mol. The van der Waals surface area contributed by atoms with E-state index in [9.17, 15) is 13.6 Å². The first-order valence-electron chi connectivity index (χ1n) is 9.25. The van der Waals surface area contributed by atoms with E-state index in [4.69, 9.17) is 10.5 Å². The van der Waals surface area contributed by atoms with Gasteiger partial charge < -0.3 is 15.4 Å². The van der Waals surface area contributed by atoms with Crippen molar-refractivity contribution in [2.45, 2.75) is 37.5 Å². The maximum absolute atomic E-state index is 14.6. The molecule has 142 valence electrons. The SMILES string of the molecule is N[C@@H]1CC[C@@H](C(=O)N2CCc3ccccc3[C@H]2c2ccc(F)cc2F)OC1. The summed E-state index contributed by atoms with van der Waals surface area (Å²) < 4.78 is 33.7. The Labute approximate surface area is 156 Å². The number of nitrogens with zero attached hydrogens (tertiary/aromatic N) is 1. The minimum Gasteiger partial charge on any atom is -0.367 e. The lowest BCUT2D eigenvalue weighted by atomic mass is 9.87. The molecule has 4 nitrogen and oxygen atoms in total. The Morgan fingerprint density at radius 3 is 2.67 bits per heavy atom. The smallest absolute Gasteiger partial charge is 0.252 e. The highest BCUT2D eigenvalue weighted by Gasteiger charge is 2.38. The van der Waals surface area contributed by atoms with Crippen LogP contribution in [0.15, 0.2) is 42.5 Å². The second-order valence-electron chi connectivity index (χ2n) is 7.21. The first-order chi connectivity index (χ1) is 13.0. The van der Waals surface area contributed by atoms with Gasteiger partial charge in [-0.15, -0.1) is 0 Å². The van der Waals surface area contributed by atoms with Crippen LogP contribution in [0.4, 0.5) is 8.78 Å². The zero-order chi connectivity index (χ0) is 19.0. The number of hydrogen-bond donors (Lipinski definition) is 1. The van der Waals surface area contributed by atoms with E-state index in [-0.39, 0.29) is 11.9 Å². The summed E-state index contributed by atoms with van der Waals surface area (Å²) in [5.41, 5.74) is 8.09. The summed E-state index contributed by atoms with van der Waals surface area (Å²) in [6.45, 7) is 0.805. The molecular formula is C21H22F2N2O2. The number of hydrogen-bond acceptors (Lipinski definition) is 3. The monoisotopic (exact) mass is 372 g/mol. The number of benzene rings is 2. The average Bonchev–Trinajstić information content (AvgIpc) is 2.67. The topological polar surface area (TPSA) is 55.6 Å². The Bertz CT molecular complexity index is 850. The molecule has 4 rings (SSSR count). The molecular weight excluding hydrogens is 350 g/mol. The van der Waals surface area contributed by atoms with Crippen LogP contribution < -0.4 is 5.73 Å². The minimum atomic E-state index is -0.652. The largest absolute Gasteiger partial charge is 0.367 e. The van der Waals surface area contributed by atoms with Gasteiger partial charge in [0.25, 0.3) is 5.91 Å². The highest BCUT2D eigenvalue weighted by Crippen LogP contribution is 2.37. The van der Waals surface area contributed by atoms with Crippen LogP contribution >= 0.6 is 0 Å². The van der Waals surface area contributed by atoms with Gasteiger partial charge in [-0.25, -0.2) is 8.78 Å². The van der Waals surface area contributed by atoms with Crippen LogP contribution in [0.1, 0.15) is 35.6 Å². The molecule has 27 heavy (non-hydrogen) atoms. The number of carbonyl (C=O) groups is 1. The third-order valence-electron chi connectivity index (χ3n) is 5.41. The quantitative estimate of drug-likeness (QED) is 0.882. The van der Waals surface area contributed by atoms with Crippen molar-refractivity contribution < 1.29 is 18.3 Å². The maximum atomic E-state index is 14.6. The average molecular weight is 372 g/mol. The molecule has 2 aromatic rings. The molecule has 0 spiro atoms. The number of ether oxygens (including phenoxy) is 1. The predicted octanol–water partition coefficient (Wildman–Crippen LogP) is 2.95. The molecule has 0 saturated carbocycles. The second-order valence-corrected chi connectivity index (χ2v) is 7.21. The number of halogens is 2. The van der Waals surface area contributed by atoms with Crippen LogP contribution in [0.25, 0.3) is 0 Å². The summed E-state index contributed by atoms with van der Waals surface area (Å²) in [5, 5.41) is 0. The van der Waals surface area contributed by atoms with E-state index in [1.54, 1.807) is 4.90 Å². The van der Waals surface area contributed by atoms with E-state index in [2.05, 4.69) is 0 Å². The Hall–Kier alpha value is -2.31. The number of amides is 1. The highest BCUT2D eigenvalue weighted by molar-refractivity contribution is 5.82. The third-order valence-corrected chi connectivity index (χ3v) is 5.41. The summed E-state index contributed by atoms with van der Waals surface area (Å²) in [5.74, 6) is -1.45. The first kappa shape index (κ1) is 18.1. The molecule has 2 N–H and O–H groups in total. The summed E-state index contributed by atoms with van der Waals surface area (Å²) in [7, 11) is 0. The van der Waals surface area contributed by atoms with Crippen molar-refractivity contribution >= 4 is 5.91 Å². The van der Waals surface area contributed by atoms with E-state index in [0.717, 1.165) is 23.6 Å². The van der Waals surface area contributed by atoms with Crippen molar-refractivity contribution in [2.24, 2.45) is 5.73 Å². The minimum absolute atomic E-state index is 0.0542. The number of rotatable bonds is 2. The lowest BCUT2D eigenvalue weighted by molar-refractivity contribution is -0.149. The van der Waals surface area contributed by atoms with Gasteiger partial charge in [-0.2, -0.15) is 0 Å². The molecule has 2 aliphatic heterocycles. The van der Waals surface area contributed by atoms with Crippen LogP contribution in [-0.2, 0) is 16.0 Å². The van der Waals surface area contributed by atoms with Gasteiger partial charge in [-0.05, 0) is 36.5 Å². The zero-order valence-corrected chi connectivity index (χ0v) is 14.9. The molecule has 2 aromatic carbocycles. The van der Waals surface area contributed by atoms with Crippen LogP contribution in [0.3, 0.4) is 0 Å². The molecule has 0 unspecified atom stereocenters. The van der Waals surface area contributed by atoms with Gasteiger partial charge in [0.2, 0.25) is 0 Å². The molecule has 6 heteroatoms. The fourth-order valence-corrected chi connectivity index (χ4v) is 4.01. The van der Waals surface area contributed by atoms with Crippen molar-refractivity contribution in [1.29, 1.82) is 0 Å². The molecule has 0 aliphatic carbocycles. The molecule has 2 heterocycles. The van der Waals surface area contributed by atoms with Gasteiger partial charge in [0, 0.05) is 24.2 Å². The van der Waals surface area contributed by atoms with Crippen LogP contribution in [0.2, 0.25) is 0 Å². The summed E-state index contributed by atoms with van der Waals surface area (Å²) in [6, 6.07) is 10.6. The lowest BCUT2D eigenvalue weighted by Crippen LogP contribution is -2.49. The molecule has 3 atom stereocenters. The zero-order valence-electron chi connectivity index (χ0n) is 14.9. The molecule has 1 saturated heterocycles. The van der Waals surface area contributed by atoms with Crippen molar-refractivity contribution in [2.75, 3.05) is 13.2 Å². The summed E-state index contributed by atoms with van der Waals surface area (Å²) in [6.07, 6.45) is 1.39. The van der Waals surface area contributed by atoms with E-state index in [0.29, 0.717) is 31.6 Å². The molecule has 1 fully saturated rings. The summed E-state index contributed by atoms with van der Waals surface area (Å²) >= 11 is 0. The van der Waals surface area contributed by atoms with Gasteiger partial charge in [-0.3, -0.25) is 4.79 Å². The van der Waals surface area contributed by atoms with Crippen molar-refractivity contribution in [3.8, 4) is 0 Å². The molecule has 0 bridgehead atoms. The number of carbonyl (C=O) groups excluding carboxylic acids is 1. The Morgan fingerprint density at radius 2 is 1.93 bits per heavy atom. The van der Waals surface area contributed by atoms with Gasteiger partial charge in [-0.1, -0.05) is 30.3 Å². The Balaban J connectivity index is 1.73. The fourth-order valence-electron chi connectivity index (χ4n) is 4.01. The second kappa shape index (κ2) is 7.37. The molecule has 0 aromatic heterocycles. The summed E-state index contributed by atoms with van der Waals surface area (Å²) in [4.78, 5) is 14.9. The van der Waals surface area contributed by atoms with Crippen molar-refractivity contribution in [3.05, 3.63) is 70.8 Å². The molecule has 2 aliphatic rings. The van der Waals surface area contributed by atoms with Crippen molar-refractivity contribution in [3.63, 3.8) is 0 Å². The maximum Gasteiger partial charge on any atom is 0.252 e. The third kappa shape index (κ3) is 3.47. The number of fused-ring (bicyclic) bond motifs is 1. The van der Waals surface area contributed by atoms with E-state index < -0.39 is 23.8 Å². The lowest BCUT2D eigenvalue weighted by Gasteiger charge is -2.40. The fraction of sp³-hybridized carbons (Fsp3) is 0.381. The van der Waals surface area contributed by atoms with Gasteiger partial charge in [0.05, 0.1) is 12.6 Å². The van der Waals surface area contributed by atoms with Gasteiger partial charge in [0.1, 0.15) is 17.7 Å². The highest BCUT2D eigenvalue weighted by atomic mass is 19.1. The number of nitrogens with two attached hydrogens (primary N) is 1. The van der Waals surface area contributed by atoms with Crippen LogP contribution in [0.5, 0.6) is 0 Å². The first-order valence-corrected chi connectivity index (χ1v) is 9.25. The van der Waals surface area contributed by atoms with Crippen LogP contribution in [0, 0.1) is 11.6 Å². The van der Waals surface area contributed by atoms with Gasteiger partial charge in [0.15, 0.2) is 0 Å². The standard InChI is InChI=1S/C21H22F2N2O2/c22-14-5-7-17(18(23)11-14)20-16-4-2-1-3-13(16)9-10-25(20)21(26)19-8-6-15(24)12-27-19/h1-5,7,11,15,19-20H,6,8-10,12,24H2/t15-,19+,20+/m1/s1. The molecule has 1 amide bonds. The van der Waals surface area contributed by atoms with Crippen molar-refractivity contribution in [1.82, 2.24) is 4.90 Å².